The fourth-order valence-corrected chi connectivity index (χ4v) is 1.85. The summed E-state index contributed by atoms with van der Waals surface area (Å²) in [6.07, 6.45) is -0.111. The molecule has 0 aliphatic carbocycles. The van der Waals surface area contributed by atoms with Crippen LogP contribution in [-0.4, -0.2) is 46.1 Å². The van der Waals surface area contributed by atoms with Crippen LogP contribution in [0.2, 0.25) is 0 Å². The zero-order valence-electron chi connectivity index (χ0n) is 12.3. The molecule has 0 radical (unpaired) electrons. The first-order valence-electron chi connectivity index (χ1n) is 6.69. The van der Waals surface area contributed by atoms with E-state index >= 15 is 0 Å². The van der Waals surface area contributed by atoms with Crippen molar-refractivity contribution in [2.24, 2.45) is 0 Å². The Hall–Kier alpha value is -1.43. The first-order valence-corrected chi connectivity index (χ1v) is 6.69. The number of benzene rings is 1. The fourth-order valence-electron chi connectivity index (χ4n) is 1.85. The Morgan fingerprint density at radius 3 is 2.50 bits per heavy atom. The van der Waals surface area contributed by atoms with Crippen LogP contribution >= 0.6 is 0 Å². The van der Waals surface area contributed by atoms with E-state index in [0.717, 1.165) is 5.56 Å². The van der Waals surface area contributed by atoms with E-state index in [1.54, 1.807) is 21.1 Å². The number of rotatable bonds is 9. The van der Waals surface area contributed by atoms with Gasteiger partial charge in [0.1, 0.15) is 6.04 Å². The zero-order valence-corrected chi connectivity index (χ0v) is 12.3. The lowest BCUT2D eigenvalue weighted by Gasteiger charge is -2.21. The number of hydrogen-bond donors (Lipinski definition) is 1. The molecule has 0 saturated carbocycles. The molecule has 0 saturated heterocycles. The summed E-state index contributed by atoms with van der Waals surface area (Å²) in [6, 6.07) is 9.00. The largest absolute Gasteiger partial charge is 0.465 e. The molecule has 0 heterocycles. The van der Waals surface area contributed by atoms with Gasteiger partial charge in [0.2, 0.25) is 0 Å². The predicted octanol–water partition coefficient (Wildman–Crippen LogP) is 1.54. The lowest BCUT2D eigenvalue weighted by molar-refractivity contribution is -0.146. The molecule has 0 bridgehead atoms. The standard InChI is InChI=1S/C15H23NO4/c1-4-20-15(17)14(12-8-6-5-7-9-12)16-10-13(19-3)11-18-2/h5-9,13-14,16H,4,10-11H2,1-3H3. The second-order valence-corrected chi connectivity index (χ2v) is 4.32. The van der Waals surface area contributed by atoms with Gasteiger partial charge in [0, 0.05) is 20.8 Å². The molecule has 5 heteroatoms. The van der Waals surface area contributed by atoms with E-state index < -0.39 is 6.04 Å². The first-order chi connectivity index (χ1) is 9.72. The van der Waals surface area contributed by atoms with Gasteiger partial charge in [0.15, 0.2) is 0 Å². The second-order valence-electron chi connectivity index (χ2n) is 4.32. The molecule has 20 heavy (non-hydrogen) atoms. The molecule has 1 aromatic carbocycles. The molecule has 112 valence electrons. The summed E-state index contributed by atoms with van der Waals surface area (Å²) in [4.78, 5) is 12.0. The van der Waals surface area contributed by atoms with Crippen molar-refractivity contribution in [2.75, 3.05) is 34.0 Å². The molecule has 5 nitrogen and oxygen atoms in total. The van der Waals surface area contributed by atoms with Crippen molar-refractivity contribution in [1.29, 1.82) is 0 Å². The van der Waals surface area contributed by atoms with Crippen LogP contribution < -0.4 is 5.32 Å². The first kappa shape index (κ1) is 16.6. The highest BCUT2D eigenvalue weighted by Crippen LogP contribution is 2.14. The minimum atomic E-state index is -0.495. The number of carbonyl (C=O) groups is 1. The van der Waals surface area contributed by atoms with Gasteiger partial charge in [-0.3, -0.25) is 5.32 Å². The summed E-state index contributed by atoms with van der Waals surface area (Å²) >= 11 is 0. The van der Waals surface area contributed by atoms with Gasteiger partial charge in [-0.25, -0.2) is 4.79 Å². The molecule has 0 aliphatic rings. The highest BCUT2D eigenvalue weighted by Gasteiger charge is 2.22. The number of methoxy groups -OCH3 is 2. The summed E-state index contributed by atoms with van der Waals surface area (Å²) in [6.45, 7) is 3.12. The Morgan fingerprint density at radius 1 is 1.25 bits per heavy atom. The Kier molecular flexibility index (Phi) is 7.87. The zero-order chi connectivity index (χ0) is 14.8. The average molecular weight is 281 g/mol. The van der Waals surface area contributed by atoms with Crippen LogP contribution in [0, 0.1) is 0 Å². The molecule has 0 fully saturated rings. The third kappa shape index (κ3) is 5.28. The van der Waals surface area contributed by atoms with Crippen molar-refractivity contribution in [3.63, 3.8) is 0 Å². The Balaban J connectivity index is 2.71. The molecular weight excluding hydrogens is 258 g/mol. The number of esters is 1. The van der Waals surface area contributed by atoms with Crippen LogP contribution in [0.1, 0.15) is 18.5 Å². The molecule has 0 aliphatic heterocycles. The molecule has 0 spiro atoms. The number of nitrogens with one attached hydrogen (secondary N) is 1. The maximum absolute atomic E-state index is 12.0. The molecule has 0 aromatic heterocycles. The molecule has 1 N–H and O–H groups in total. The summed E-state index contributed by atoms with van der Waals surface area (Å²) in [5.41, 5.74) is 0.873. The van der Waals surface area contributed by atoms with E-state index in [0.29, 0.717) is 19.8 Å². The maximum atomic E-state index is 12.0. The smallest absolute Gasteiger partial charge is 0.327 e. The van der Waals surface area contributed by atoms with Gasteiger partial charge in [-0.05, 0) is 12.5 Å². The van der Waals surface area contributed by atoms with Gasteiger partial charge in [-0.1, -0.05) is 30.3 Å². The van der Waals surface area contributed by atoms with Gasteiger partial charge < -0.3 is 14.2 Å². The van der Waals surface area contributed by atoms with Crippen molar-refractivity contribution in [3.05, 3.63) is 35.9 Å². The summed E-state index contributed by atoms with van der Waals surface area (Å²) in [7, 11) is 3.24. The Bertz CT molecular complexity index is 383. The number of carbonyl (C=O) groups excluding carboxylic acids is 1. The molecule has 0 amide bonds. The van der Waals surface area contributed by atoms with Crippen LogP contribution in [0.5, 0.6) is 0 Å². The SMILES string of the molecule is CCOC(=O)C(NCC(COC)OC)c1ccccc1. The van der Waals surface area contributed by atoms with Crippen LogP contribution in [0.25, 0.3) is 0 Å². The van der Waals surface area contributed by atoms with Crippen LogP contribution in [0.15, 0.2) is 30.3 Å². The lowest BCUT2D eigenvalue weighted by atomic mass is 10.1. The van der Waals surface area contributed by atoms with Crippen molar-refractivity contribution in [3.8, 4) is 0 Å². The van der Waals surface area contributed by atoms with Crippen LogP contribution in [0.4, 0.5) is 0 Å². The minimum Gasteiger partial charge on any atom is -0.465 e. The second kappa shape index (κ2) is 9.47. The monoisotopic (exact) mass is 281 g/mol. The number of hydrogen-bond acceptors (Lipinski definition) is 5. The average Bonchev–Trinajstić information content (AvgIpc) is 2.47. The van der Waals surface area contributed by atoms with Gasteiger partial charge in [0.05, 0.1) is 19.3 Å². The topological polar surface area (TPSA) is 56.8 Å². The summed E-state index contributed by atoms with van der Waals surface area (Å²) in [5, 5.41) is 3.18. The van der Waals surface area contributed by atoms with E-state index in [1.165, 1.54) is 0 Å². The van der Waals surface area contributed by atoms with Crippen molar-refractivity contribution in [1.82, 2.24) is 5.32 Å². The quantitative estimate of drug-likeness (QED) is 0.696. The maximum Gasteiger partial charge on any atom is 0.327 e. The molecule has 2 atom stereocenters. The van der Waals surface area contributed by atoms with Gasteiger partial charge in [-0.15, -0.1) is 0 Å². The van der Waals surface area contributed by atoms with Crippen molar-refractivity contribution in [2.45, 2.75) is 19.1 Å². The summed E-state index contributed by atoms with van der Waals surface area (Å²) < 4.78 is 15.4. The molecule has 1 aromatic rings. The third-order valence-electron chi connectivity index (χ3n) is 2.89. The fraction of sp³-hybridized carbons (Fsp3) is 0.533. The van der Waals surface area contributed by atoms with E-state index in [9.17, 15) is 4.79 Å². The van der Waals surface area contributed by atoms with Crippen molar-refractivity contribution >= 4 is 5.97 Å². The Labute approximate surface area is 120 Å². The lowest BCUT2D eigenvalue weighted by Crippen LogP contribution is -2.38. The van der Waals surface area contributed by atoms with E-state index in [4.69, 9.17) is 14.2 Å². The van der Waals surface area contributed by atoms with Gasteiger partial charge in [-0.2, -0.15) is 0 Å². The molecule has 1 rings (SSSR count). The van der Waals surface area contributed by atoms with Gasteiger partial charge in [0.25, 0.3) is 0 Å². The normalized spacial score (nSPS) is 13.8. The minimum absolute atomic E-state index is 0.111. The predicted molar refractivity (Wildman–Crippen MR) is 76.5 cm³/mol. The van der Waals surface area contributed by atoms with E-state index in [1.807, 2.05) is 30.3 Å². The number of ether oxygens (including phenoxy) is 3. The van der Waals surface area contributed by atoms with Crippen LogP contribution in [-0.2, 0) is 19.0 Å². The Morgan fingerprint density at radius 2 is 1.95 bits per heavy atom. The molecular formula is C15H23NO4. The van der Waals surface area contributed by atoms with Gasteiger partial charge >= 0.3 is 5.97 Å². The van der Waals surface area contributed by atoms with E-state index in [2.05, 4.69) is 5.32 Å². The third-order valence-corrected chi connectivity index (χ3v) is 2.89. The van der Waals surface area contributed by atoms with Crippen molar-refractivity contribution < 1.29 is 19.0 Å². The highest BCUT2D eigenvalue weighted by atomic mass is 16.5. The van der Waals surface area contributed by atoms with Crippen LogP contribution in [0.3, 0.4) is 0 Å². The highest BCUT2D eigenvalue weighted by molar-refractivity contribution is 5.77. The summed E-state index contributed by atoms with van der Waals surface area (Å²) in [5.74, 6) is -0.286. The van der Waals surface area contributed by atoms with E-state index in [-0.39, 0.29) is 12.1 Å². The molecule has 2 unspecified atom stereocenters.